The molecule has 12 heavy (non-hydrogen) atoms. The minimum absolute atomic E-state index is 0.609. The summed E-state index contributed by atoms with van der Waals surface area (Å²) in [5.74, 6) is -3.90. The Morgan fingerprint density at radius 3 is 2.42 bits per heavy atom. The van der Waals surface area contributed by atoms with E-state index in [9.17, 15) is 18.9 Å². The molecule has 0 heterocycles. The summed E-state index contributed by atoms with van der Waals surface area (Å²) in [6.07, 6.45) is 0. The van der Waals surface area contributed by atoms with Crippen molar-refractivity contribution in [2.45, 2.75) is 0 Å². The molecule has 0 unspecified atom stereocenters. The van der Waals surface area contributed by atoms with Gasteiger partial charge in [-0.25, -0.2) is 4.39 Å². The molecule has 0 aliphatic rings. The van der Waals surface area contributed by atoms with Crippen molar-refractivity contribution >= 4 is 5.69 Å². The van der Waals surface area contributed by atoms with Crippen molar-refractivity contribution in [1.29, 1.82) is 0 Å². The summed E-state index contributed by atoms with van der Waals surface area (Å²) in [6, 6.07) is 1.33. The first-order valence-electron chi connectivity index (χ1n) is 2.85. The highest BCUT2D eigenvalue weighted by Crippen LogP contribution is 2.29. The molecule has 0 radical (unpaired) electrons. The molecule has 0 aliphatic heterocycles. The highest BCUT2D eigenvalue weighted by Gasteiger charge is 2.23. The van der Waals surface area contributed by atoms with Crippen molar-refractivity contribution < 1.29 is 18.8 Å². The topological polar surface area (TPSA) is 63.4 Å². The lowest BCUT2D eigenvalue weighted by atomic mass is 10.3. The first kappa shape index (κ1) is 8.38. The Bertz CT molecular complexity index is 340. The van der Waals surface area contributed by atoms with Gasteiger partial charge in [0.25, 0.3) is 0 Å². The van der Waals surface area contributed by atoms with Gasteiger partial charge in [-0.2, -0.15) is 4.39 Å². The van der Waals surface area contributed by atoms with E-state index in [0.29, 0.717) is 6.07 Å². The van der Waals surface area contributed by atoms with E-state index in [2.05, 4.69) is 0 Å². The van der Waals surface area contributed by atoms with Crippen LogP contribution in [0.1, 0.15) is 0 Å². The second-order valence-corrected chi connectivity index (χ2v) is 1.99. The van der Waals surface area contributed by atoms with Gasteiger partial charge in [-0.05, 0) is 12.1 Å². The molecular weight excluding hydrogens is 172 g/mol. The minimum Gasteiger partial charge on any atom is -0.502 e. The van der Waals surface area contributed by atoms with Gasteiger partial charge in [0.15, 0.2) is 11.6 Å². The van der Waals surface area contributed by atoms with Crippen molar-refractivity contribution in [3.63, 3.8) is 0 Å². The number of hydrogen-bond acceptors (Lipinski definition) is 3. The highest BCUT2D eigenvalue weighted by atomic mass is 19.2. The van der Waals surface area contributed by atoms with Gasteiger partial charge in [-0.3, -0.25) is 10.1 Å². The summed E-state index contributed by atoms with van der Waals surface area (Å²) >= 11 is 0. The van der Waals surface area contributed by atoms with Crippen molar-refractivity contribution in [1.82, 2.24) is 0 Å². The van der Waals surface area contributed by atoms with Crippen LogP contribution in [0.3, 0.4) is 0 Å². The maximum absolute atomic E-state index is 12.5. The molecule has 1 rings (SSSR count). The van der Waals surface area contributed by atoms with Gasteiger partial charge in [0, 0.05) is 0 Å². The molecule has 0 saturated carbocycles. The molecule has 0 amide bonds. The van der Waals surface area contributed by atoms with Crippen molar-refractivity contribution in [3.05, 3.63) is 33.9 Å². The highest BCUT2D eigenvalue weighted by molar-refractivity contribution is 5.46. The van der Waals surface area contributed by atoms with E-state index in [-0.39, 0.29) is 0 Å². The molecule has 0 saturated heterocycles. The van der Waals surface area contributed by atoms with Crippen LogP contribution in [0.5, 0.6) is 5.75 Å². The molecule has 1 N–H and O–H groups in total. The maximum Gasteiger partial charge on any atom is 0.349 e. The Labute approximate surface area is 65.2 Å². The third-order valence-electron chi connectivity index (χ3n) is 1.23. The summed E-state index contributed by atoms with van der Waals surface area (Å²) in [6.45, 7) is 0. The number of halogens is 2. The van der Waals surface area contributed by atoms with Gasteiger partial charge in [0.1, 0.15) is 0 Å². The van der Waals surface area contributed by atoms with Crippen LogP contribution in [0.4, 0.5) is 14.5 Å². The van der Waals surface area contributed by atoms with E-state index >= 15 is 0 Å². The molecule has 0 bridgehead atoms. The number of rotatable bonds is 1. The molecule has 0 aliphatic carbocycles. The van der Waals surface area contributed by atoms with Gasteiger partial charge in [0.05, 0.1) is 4.92 Å². The van der Waals surface area contributed by atoms with E-state index in [1.165, 1.54) is 0 Å². The molecule has 0 atom stereocenters. The van der Waals surface area contributed by atoms with E-state index in [4.69, 9.17) is 5.11 Å². The average molecular weight is 175 g/mol. The number of phenolic OH excluding ortho intramolecular Hbond substituents is 1. The molecule has 64 valence electrons. The van der Waals surface area contributed by atoms with E-state index in [0.717, 1.165) is 6.07 Å². The first-order valence-corrected chi connectivity index (χ1v) is 2.85. The summed E-state index contributed by atoms with van der Waals surface area (Å²) in [5, 5.41) is 18.8. The molecule has 1 aromatic rings. The first-order chi connectivity index (χ1) is 5.54. The fraction of sp³-hybridized carbons (Fsp3) is 0. The molecule has 4 nitrogen and oxygen atoms in total. The molecular formula is C6H3F2NO3. The minimum atomic E-state index is -1.65. The zero-order valence-electron chi connectivity index (χ0n) is 5.62. The Kier molecular flexibility index (Phi) is 1.90. The van der Waals surface area contributed by atoms with E-state index < -0.39 is 28.0 Å². The van der Waals surface area contributed by atoms with Crippen LogP contribution in [0.2, 0.25) is 0 Å². The summed E-state index contributed by atoms with van der Waals surface area (Å²) in [5.41, 5.74) is -1.24. The zero-order valence-corrected chi connectivity index (χ0v) is 5.62. The predicted octanol–water partition coefficient (Wildman–Crippen LogP) is 1.58. The monoisotopic (exact) mass is 175 g/mol. The smallest absolute Gasteiger partial charge is 0.349 e. The Morgan fingerprint density at radius 1 is 1.42 bits per heavy atom. The van der Waals surface area contributed by atoms with Gasteiger partial charge in [-0.15, -0.1) is 0 Å². The predicted molar refractivity (Wildman–Crippen MR) is 34.7 cm³/mol. The maximum atomic E-state index is 12.5. The van der Waals surface area contributed by atoms with Crippen LogP contribution in [0, 0.1) is 21.7 Å². The van der Waals surface area contributed by atoms with Crippen LogP contribution >= 0.6 is 0 Å². The second-order valence-electron chi connectivity index (χ2n) is 1.99. The third-order valence-corrected chi connectivity index (χ3v) is 1.23. The van der Waals surface area contributed by atoms with Crippen LogP contribution in [0.15, 0.2) is 12.1 Å². The molecule has 0 spiro atoms. The molecule has 0 aromatic heterocycles. The number of phenols is 1. The third kappa shape index (κ3) is 1.18. The van der Waals surface area contributed by atoms with E-state index in [1.54, 1.807) is 0 Å². The van der Waals surface area contributed by atoms with E-state index in [1.807, 2.05) is 0 Å². The summed E-state index contributed by atoms with van der Waals surface area (Å²) in [4.78, 5) is 8.85. The second kappa shape index (κ2) is 2.72. The average Bonchev–Trinajstić information content (AvgIpc) is 1.97. The largest absolute Gasteiger partial charge is 0.502 e. The number of nitro benzene ring substituents is 1. The number of benzene rings is 1. The lowest BCUT2D eigenvalue weighted by Crippen LogP contribution is -1.95. The number of hydrogen-bond donors (Lipinski definition) is 1. The van der Waals surface area contributed by atoms with Crippen molar-refractivity contribution in [2.24, 2.45) is 0 Å². The number of nitrogens with zero attached hydrogens (tertiary/aromatic N) is 1. The molecule has 0 fully saturated rings. The lowest BCUT2D eigenvalue weighted by Gasteiger charge is -1.96. The van der Waals surface area contributed by atoms with Crippen molar-refractivity contribution in [3.8, 4) is 5.75 Å². The SMILES string of the molecule is O=[N+]([O-])c1c(O)ccc(F)c1F. The summed E-state index contributed by atoms with van der Waals surface area (Å²) < 4.78 is 24.9. The fourth-order valence-electron chi connectivity index (χ4n) is 0.703. The van der Waals surface area contributed by atoms with Gasteiger partial charge in [-0.1, -0.05) is 0 Å². The Morgan fingerprint density at radius 2 is 2.00 bits per heavy atom. The van der Waals surface area contributed by atoms with Crippen molar-refractivity contribution in [2.75, 3.05) is 0 Å². The van der Waals surface area contributed by atoms with Crippen LogP contribution in [-0.4, -0.2) is 10.0 Å². The van der Waals surface area contributed by atoms with Gasteiger partial charge >= 0.3 is 5.69 Å². The van der Waals surface area contributed by atoms with Gasteiger partial charge in [0.2, 0.25) is 5.82 Å². The van der Waals surface area contributed by atoms with Crippen LogP contribution < -0.4 is 0 Å². The normalized spacial score (nSPS) is 9.83. The molecule has 6 heteroatoms. The Balaban J connectivity index is 3.43. The Hall–Kier alpha value is -1.72. The zero-order chi connectivity index (χ0) is 9.30. The van der Waals surface area contributed by atoms with Crippen LogP contribution in [0.25, 0.3) is 0 Å². The summed E-state index contributed by atoms with van der Waals surface area (Å²) in [7, 11) is 0. The lowest BCUT2D eigenvalue weighted by molar-refractivity contribution is -0.388. The number of aromatic hydroxyl groups is 1. The fourth-order valence-corrected chi connectivity index (χ4v) is 0.703. The van der Waals surface area contributed by atoms with Gasteiger partial charge < -0.3 is 5.11 Å². The molecule has 1 aromatic carbocycles. The quantitative estimate of drug-likeness (QED) is 0.520. The standard InChI is InChI=1S/C6H3F2NO3/c7-3-1-2-4(10)6(5(3)8)9(11)12/h1-2,10H. The van der Waals surface area contributed by atoms with Crippen LogP contribution in [-0.2, 0) is 0 Å². The number of nitro groups is 1.